The van der Waals surface area contributed by atoms with Gasteiger partial charge in [0.1, 0.15) is 6.23 Å². The van der Waals surface area contributed by atoms with Crippen LogP contribution in [0, 0.1) is 0 Å². The van der Waals surface area contributed by atoms with Crippen LogP contribution >= 0.6 is 0 Å². The van der Waals surface area contributed by atoms with Crippen molar-refractivity contribution < 1.29 is 9.47 Å². The van der Waals surface area contributed by atoms with Gasteiger partial charge < -0.3 is 9.47 Å². The molecular weight excluding hydrogens is 214 g/mol. The van der Waals surface area contributed by atoms with Crippen LogP contribution in [-0.4, -0.2) is 37.0 Å². The van der Waals surface area contributed by atoms with Crippen LogP contribution in [0.2, 0.25) is 0 Å². The lowest BCUT2D eigenvalue weighted by molar-refractivity contribution is -0.0237. The predicted octanol–water partition coefficient (Wildman–Crippen LogP) is 2.27. The lowest BCUT2D eigenvalue weighted by atomic mass is 10.2. The molecule has 0 N–H and O–H groups in total. The Morgan fingerprint density at radius 3 is 2.82 bits per heavy atom. The van der Waals surface area contributed by atoms with Crippen LogP contribution in [0.5, 0.6) is 0 Å². The molecule has 3 nitrogen and oxygen atoms in total. The minimum atomic E-state index is 0.181. The van der Waals surface area contributed by atoms with E-state index in [1.165, 1.54) is 5.56 Å². The minimum absolute atomic E-state index is 0.181. The van der Waals surface area contributed by atoms with Gasteiger partial charge in [-0.1, -0.05) is 30.3 Å². The maximum absolute atomic E-state index is 5.85. The molecule has 0 saturated carbocycles. The van der Waals surface area contributed by atoms with Crippen molar-refractivity contribution in [2.75, 3.05) is 19.8 Å². The number of hydrogen-bond acceptors (Lipinski definition) is 3. The average molecular weight is 235 g/mol. The molecule has 1 aromatic rings. The van der Waals surface area contributed by atoms with E-state index in [0.717, 1.165) is 19.7 Å². The molecule has 1 aliphatic rings. The van der Waals surface area contributed by atoms with Gasteiger partial charge in [0.05, 0.1) is 12.7 Å². The van der Waals surface area contributed by atoms with Crippen molar-refractivity contribution in [3.05, 3.63) is 35.9 Å². The Labute approximate surface area is 103 Å². The molecule has 0 aliphatic carbocycles. The zero-order valence-electron chi connectivity index (χ0n) is 10.6. The smallest absolute Gasteiger partial charge is 0.108 e. The van der Waals surface area contributed by atoms with E-state index in [2.05, 4.69) is 36.1 Å². The number of benzene rings is 1. The first-order chi connectivity index (χ1) is 8.29. The topological polar surface area (TPSA) is 21.7 Å². The zero-order chi connectivity index (χ0) is 12.1. The van der Waals surface area contributed by atoms with E-state index in [-0.39, 0.29) is 12.3 Å². The summed E-state index contributed by atoms with van der Waals surface area (Å²) in [5, 5.41) is 0. The van der Waals surface area contributed by atoms with E-state index in [1.54, 1.807) is 0 Å². The molecule has 2 atom stereocenters. The highest BCUT2D eigenvalue weighted by atomic mass is 16.6. The summed E-state index contributed by atoms with van der Waals surface area (Å²) in [7, 11) is 0. The molecule has 2 unspecified atom stereocenters. The van der Waals surface area contributed by atoms with E-state index >= 15 is 0 Å². The summed E-state index contributed by atoms with van der Waals surface area (Å²) >= 11 is 0. The Bertz CT molecular complexity index is 328. The quantitative estimate of drug-likeness (QED) is 0.781. The summed E-state index contributed by atoms with van der Waals surface area (Å²) < 4.78 is 11.3. The van der Waals surface area contributed by atoms with Crippen molar-refractivity contribution in [3.8, 4) is 0 Å². The zero-order valence-corrected chi connectivity index (χ0v) is 10.6. The van der Waals surface area contributed by atoms with Crippen LogP contribution in [-0.2, 0) is 16.0 Å². The Balaban J connectivity index is 1.86. The van der Waals surface area contributed by atoms with E-state index in [0.29, 0.717) is 6.61 Å². The van der Waals surface area contributed by atoms with Gasteiger partial charge in [-0.15, -0.1) is 0 Å². The molecule has 3 heteroatoms. The average Bonchev–Trinajstić information content (AvgIpc) is 2.69. The van der Waals surface area contributed by atoms with Gasteiger partial charge in [0, 0.05) is 19.7 Å². The molecule has 94 valence electrons. The lowest BCUT2D eigenvalue weighted by Crippen LogP contribution is -2.27. The molecule has 0 radical (unpaired) electrons. The van der Waals surface area contributed by atoms with Crippen molar-refractivity contribution >= 4 is 0 Å². The first kappa shape index (κ1) is 12.6. The van der Waals surface area contributed by atoms with Crippen LogP contribution in [0.25, 0.3) is 0 Å². The predicted molar refractivity (Wildman–Crippen MR) is 67.7 cm³/mol. The number of rotatable bonds is 5. The van der Waals surface area contributed by atoms with Crippen LogP contribution in [0.1, 0.15) is 19.4 Å². The summed E-state index contributed by atoms with van der Waals surface area (Å²) in [6.45, 7) is 7.48. The fraction of sp³-hybridized carbons (Fsp3) is 0.571. The Morgan fingerprint density at radius 1 is 1.35 bits per heavy atom. The second-order valence-electron chi connectivity index (χ2n) is 4.43. The fourth-order valence-electron chi connectivity index (χ4n) is 2.17. The van der Waals surface area contributed by atoms with Crippen LogP contribution in [0.15, 0.2) is 30.3 Å². The summed E-state index contributed by atoms with van der Waals surface area (Å²) in [6, 6.07) is 10.5. The minimum Gasteiger partial charge on any atom is -0.379 e. The fourth-order valence-corrected chi connectivity index (χ4v) is 2.17. The van der Waals surface area contributed by atoms with Crippen molar-refractivity contribution in [2.24, 2.45) is 0 Å². The third-order valence-corrected chi connectivity index (χ3v) is 3.08. The van der Waals surface area contributed by atoms with Crippen molar-refractivity contribution in [1.82, 2.24) is 4.90 Å². The summed E-state index contributed by atoms with van der Waals surface area (Å²) in [5.74, 6) is 0. The summed E-state index contributed by atoms with van der Waals surface area (Å²) in [4.78, 5) is 2.35. The van der Waals surface area contributed by atoms with Gasteiger partial charge in [0.2, 0.25) is 0 Å². The second kappa shape index (κ2) is 6.15. The van der Waals surface area contributed by atoms with E-state index in [9.17, 15) is 0 Å². The van der Waals surface area contributed by atoms with Gasteiger partial charge in [0.15, 0.2) is 0 Å². The van der Waals surface area contributed by atoms with Crippen molar-refractivity contribution in [3.63, 3.8) is 0 Å². The maximum Gasteiger partial charge on any atom is 0.108 e. The van der Waals surface area contributed by atoms with E-state index in [1.807, 2.05) is 13.0 Å². The highest BCUT2D eigenvalue weighted by molar-refractivity contribution is 5.14. The van der Waals surface area contributed by atoms with Crippen molar-refractivity contribution in [2.45, 2.75) is 32.7 Å². The van der Waals surface area contributed by atoms with E-state index < -0.39 is 0 Å². The van der Waals surface area contributed by atoms with Gasteiger partial charge in [0.25, 0.3) is 0 Å². The highest BCUT2D eigenvalue weighted by Crippen LogP contribution is 2.18. The molecule has 0 bridgehead atoms. The first-order valence-electron chi connectivity index (χ1n) is 6.30. The molecule has 1 aliphatic heterocycles. The van der Waals surface area contributed by atoms with Crippen LogP contribution < -0.4 is 0 Å². The normalized spacial score (nSPS) is 25.3. The molecule has 0 amide bonds. The largest absolute Gasteiger partial charge is 0.379 e. The number of hydrogen-bond donors (Lipinski definition) is 0. The van der Waals surface area contributed by atoms with Gasteiger partial charge in [-0.05, 0) is 19.4 Å². The van der Waals surface area contributed by atoms with Gasteiger partial charge in [-0.3, -0.25) is 4.90 Å². The van der Waals surface area contributed by atoms with E-state index in [4.69, 9.17) is 9.47 Å². The lowest BCUT2D eigenvalue weighted by Gasteiger charge is -2.18. The van der Waals surface area contributed by atoms with Gasteiger partial charge in [-0.2, -0.15) is 0 Å². The third-order valence-electron chi connectivity index (χ3n) is 3.08. The molecule has 0 spiro atoms. The SMILES string of the molecule is CCOCC1CN(Cc2ccccc2)C(C)O1. The molecule has 1 saturated heterocycles. The molecule has 2 rings (SSSR count). The monoisotopic (exact) mass is 235 g/mol. The molecule has 1 heterocycles. The highest BCUT2D eigenvalue weighted by Gasteiger charge is 2.29. The van der Waals surface area contributed by atoms with Crippen LogP contribution in [0.3, 0.4) is 0 Å². The van der Waals surface area contributed by atoms with Gasteiger partial charge in [-0.25, -0.2) is 0 Å². The Morgan fingerprint density at radius 2 is 2.12 bits per heavy atom. The number of nitrogens with zero attached hydrogens (tertiary/aromatic N) is 1. The summed E-state index contributed by atoms with van der Waals surface area (Å²) in [5.41, 5.74) is 1.33. The molecule has 1 aromatic carbocycles. The number of ether oxygens (including phenoxy) is 2. The molecule has 0 aromatic heterocycles. The van der Waals surface area contributed by atoms with Crippen LogP contribution in [0.4, 0.5) is 0 Å². The molecule has 1 fully saturated rings. The first-order valence-corrected chi connectivity index (χ1v) is 6.30. The Kier molecular flexibility index (Phi) is 4.54. The maximum atomic E-state index is 5.85. The Hall–Kier alpha value is -0.900. The van der Waals surface area contributed by atoms with Gasteiger partial charge >= 0.3 is 0 Å². The van der Waals surface area contributed by atoms with Crippen molar-refractivity contribution in [1.29, 1.82) is 0 Å². The molecular formula is C14H21NO2. The second-order valence-corrected chi connectivity index (χ2v) is 4.43. The summed E-state index contributed by atoms with van der Waals surface area (Å²) in [6.07, 6.45) is 0.398. The molecule has 17 heavy (non-hydrogen) atoms. The third kappa shape index (κ3) is 3.53. The standard InChI is InChI=1S/C14H21NO2/c1-3-16-11-14-10-15(12(2)17-14)9-13-7-5-4-6-8-13/h4-8,12,14H,3,9-11H2,1-2H3.